The van der Waals surface area contributed by atoms with E-state index in [1.165, 1.54) is 54.3 Å². The van der Waals surface area contributed by atoms with Gasteiger partial charge in [0, 0.05) is 12.6 Å². The molecule has 2 atom stereocenters. The van der Waals surface area contributed by atoms with Gasteiger partial charge in [-0.2, -0.15) is 4.31 Å². The largest absolute Gasteiger partial charge is 0.335 e. The van der Waals surface area contributed by atoms with Crippen molar-refractivity contribution in [1.29, 1.82) is 0 Å². The number of piperazine rings is 1. The van der Waals surface area contributed by atoms with E-state index in [0.29, 0.717) is 44.7 Å². The van der Waals surface area contributed by atoms with Crippen LogP contribution in [0.5, 0.6) is 0 Å². The lowest BCUT2D eigenvalue weighted by molar-refractivity contribution is -0.896. The lowest BCUT2D eigenvalue weighted by Crippen LogP contribution is -3.15. The van der Waals surface area contributed by atoms with Crippen LogP contribution in [0.1, 0.15) is 38.5 Å². The lowest BCUT2D eigenvalue weighted by atomic mass is 9.78. The Kier molecular flexibility index (Phi) is 6.22. The Labute approximate surface area is 172 Å². The molecule has 0 unspecified atom stereocenters. The van der Waals surface area contributed by atoms with Crippen molar-refractivity contribution < 1.29 is 22.5 Å². The van der Waals surface area contributed by atoms with Gasteiger partial charge in [-0.3, -0.25) is 4.79 Å². The quantitative estimate of drug-likeness (QED) is 0.781. The summed E-state index contributed by atoms with van der Waals surface area (Å²) in [4.78, 5) is 16.4. The van der Waals surface area contributed by atoms with Crippen molar-refractivity contribution in [3.8, 4) is 0 Å². The van der Waals surface area contributed by atoms with E-state index in [2.05, 4.69) is 4.90 Å². The second-order valence-corrected chi connectivity index (χ2v) is 10.6. The zero-order valence-corrected chi connectivity index (χ0v) is 17.7. The molecule has 0 bridgehead atoms. The van der Waals surface area contributed by atoms with Crippen molar-refractivity contribution in [2.24, 2.45) is 5.92 Å². The van der Waals surface area contributed by atoms with Crippen LogP contribution in [0.4, 0.5) is 4.39 Å². The van der Waals surface area contributed by atoms with Gasteiger partial charge < -0.3 is 9.80 Å². The molecular formula is C21H31FN3O3S+. The number of hydrogen-bond acceptors (Lipinski definition) is 3. The lowest BCUT2D eigenvalue weighted by Gasteiger charge is -2.44. The first-order valence-corrected chi connectivity index (χ1v) is 12.3. The minimum Gasteiger partial charge on any atom is -0.335 e. The average Bonchev–Trinajstić information content (AvgIpc) is 2.74. The molecule has 4 rings (SSSR count). The number of sulfonamides is 1. The first-order valence-electron chi connectivity index (χ1n) is 10.8. The first kappa shape index (κ1) is 20.8. The maximum absolute atomic E-state index is 13.1. The summed E-state index contributed by atoms with van der Waals surface area (Å²) in [5, 5.41) is 0. The van der Waals surface area contributed by atoms with Crippen molar-refractivity contribution in [3.05, 3.63) is 30.1 Å². The minimum absolute atomic E-state index is 0.120. The average molecular weight is 425 g/mol. The summed E-state index contributed by atoms with van der Waals surface area (Å²) in [5.74, 6) is 0.454. The molecule has 0 spiro atoms. The van der Waals surface area contributed by atoms with Crippen LogP contribution in [0.25, 0.3) is 0 Å². The van der Waals surface area contributed by atoms with Gasteiger partial charge in [0.2, 0.25) is 10.0 Å². The van der Waals surface area contributed by atoms with Gasteiger partial charge in [-0.15, -0.1) is 0 Å². The van der Waals surface area contributed by atoms with Crippen LogP contribution < -0.4 is 4.90 Å². The third-order valence-electron chi connectivity index (χ3n) is 6.85. The molecule has 0 radical (unpaired) electrons. The molecule has 1 amide bonds. The molecule has 29 heavy (non-hydrogen) atoms. The van der Waals surface area contributed by atoms with Crippen molar-refractivity contribution in [3.63, 3.8) is 0 Å². The number of nitrogens with zero attached hydrogens (tertiary/aromatic N) is 2. The van der Waals surface area contributed by atoms with Gasteiger partial charge in [0.05, 0.1) is 31.1 Å². The summed E-state index contributed by atoms with van der Waals surface area (Å²) in [6.45, 7) is 3.33. The first-order chi connectivity index (χ1) is 13.9. The highest BCUT2D eigenvalue weighted by atomic mass is 32.2. The van der Waals surface area contributed by atoms with E-state index in [1.807, 2.05) is 0 Å². The normalized spacial score (nSPS) is 26.9. The molecule has 2 heterocycles. The number of likely N-dealkylation sites (tertiary alicyclic amines) is 1. The van der Waals surface area contributed by atoms with Crippen molar-refractivity contribution in [2.45, 2.75) is 49.5 Å². The molecule has 160 valence electrons. The Morgan fingerprint density at radius 2 is 1.66 bits per heavy atom. The number of piperidine rings is 1. The highest BCUT2D eigenvalue weighted by Crippen LogP contribution is 2.35. The Balaban J connectivity index is 1.32. The van der Waals surface area contributed by atoms with Crippen LogP contribution >= 0.6 is 0 Å². The maximum Gasteiger partial charge on any atom is 0.278 e. The van der Waals surface area contributed by atoms with E-state index in [9.17, 15) is 17.6 Å². The molecule has 0 aromatic heterocycles. The summed E-state index contributed by atoms with van der Waals surface area (Å²) in [7, 11) is -3.61. The topological polar surface area (TPSA) is 62.1 Å². The molecule has 6 nitrogen and oxygen atoms in total. The summed E-state index contributed by atoms with van der Waals surface area (Å²) >= 11 is 0. The van der Waals surface area contributed by atoms with E-state index in [4.69, 9.17) is 0 Å². The third kappa shape index (κ3) is 4.49. The van der Waals surface area contributed by atoms with Gasteiger partial charge >= 0.3 is 0 Å². The van der Waals surface area contributed by atoms with Gasteiger partial charge in [-0.05, 0) is 55.9 Å². The highest BCUT2D eigenvalue weighted by molar-refractivity contribution is 7.89. The Bertz CT molecular complexity index is 820. The SMILES string of the molecule is O=C(C[NH+]1CCN(S(=O)(=O)c2ccc(F)cc2)CC1)N1CCC[C@H]2CCCC[C@@H]21. The van der Waals surface area contributed by atoms with E-state index in [-0.39, 0.29) is 10.8 Å². The van der Waals surface area contributed by atoms with Crippen LogP contribution in [0, 0.1) is 11.7 Å². The number of nitrogens with one attached hydrogen (secondary N) is 1. The van der Waals surface area contributed by atoms with Gasteiger partial charge in [0.25, 0.3) is 5.91 Å². The van der Waals surface area contributed by atoms with Crippen LogP contribution in [-0.2, 0) is 14.8 Å². The predicted molar refractivity (Wildman–Crippen MR) is 107 cm³/mol. The second kappa shape index (κ2) is 8.70. The Morgan fingerprint density at radius 3 is 2.38 bits per heavy atom. The predicted octanol–water partition coefficient (Wildman–Crippen LogP) is 0.896. The maximum atomic E-state index is 13.1. The fourth-order valence-corrected chi connectivity index (χ4v) is 6.67. The third-order valence-corrected chi connectivity index (χ3v) is 8.76. The number of carbonyl (C=O) groups is 1. The zero-order valence-electron chi connectivity index (χ0n) is 16.9. The number of halogens is 1. The van der Waals surface area contributed by atoms with E-state index in [0.717, 1.165) is 24.3 Å². The molecule has 8 heteroatoms. The number of hydrogen-bond donors (Lipinski definition) is 1. The smallest absolute Gasteiger partial charge is 0.278 e. The number of rotatable bonds is 4. The van der Waals surface area contributed by atoms with Crippen LogP contribution in [-0.4, -0.2) is 68.8 Å². The molecule has 1 saturated carbocycles. The monoisotopic (exact) mass is 424 g/mol. The van der Waals surface area contributed by atoms with Crippen molar-refractivity contribution in [1.82, 2.24) is 9.21 Å². The van der Waals surface area contributed by atoms with Gasteiger partial charge in [-0.1, -0.05) is 12.8 Å². The molecule has 3 fully saturated rings. The molecule has 1 aromatic rings. The number of carbonyl (C=O) groups excluding carboxylic acids is 1. The Morgan fingerprint density at radius 1 is 1.00 bits per heavy atom. The van der Waals surface area contributed by atoms with E-state index >= 15 is 0 Å². The summed E-state index contributed by atoms with van der Waals surface area (Å²) in [5.41, 5.74) is 0. The molecule has 1 aromatic carbocycles. The van der Waals surface area contributed by atoms with Crippen molar-refractivity contribution >= 4 is 15.9 Å². The summed E-state index contributed by atoms with van der Waals surface area (Å²) in [6, 6.07) is 5.38. The molecule has 2 aliphatic heterocycles. The number of amides is 1. The van der Waals surface area contributed by atoms with Gasteiger partial charge in [-0.25, -0.2) is 12.8 Å². The number of fused-ring (bicyclic) bond motifs is 1. The van der Waals surface area contributed by atoms with Crippen molar-refractivity contribution in [2.75, 3.05) is 39.3 Å². The summed E-state index contributed by atoms with van der Waals surface area (Å²) in [6.07, 6.45) is 7.25. The van der Waals surface area contributed by atoms with Crippen LogP contribution in [0.15, 0.2) is 29.2 Å². The van der Waals surface area contributed by atoms with E-state index < -0.39 is 15.8 Å². The van der Waals surface area contributed by atoms with E-state index in [1.54, 1.807) is 0 Å². The standard InChI is InChI=1S/C21H30FN3O3S/c22-18-7-9-19(10-8-18)29(27,28)24-14-12-23(13-15-24)16-21(26)25-11-3-5-17-4-1-2-6-20(17)25/h7-10,17,20H,1-6,11-16H2/p+1/t17-,20+/m1/s1. The molecule has 1 N–H and O–H groups in total. The molecule has 3 aliphatic rings. The molecule has 1 aliphatic carbocycles. The zero-order chi connectivity index (χ0) is 20.4. The van der Waals surface area contributed by atoms with Gasteiger partial charge in [0.15, 0.2) is 6.54 Å². The summed E-state index contributed by atoms with van der Waals surface area (Å²) < 4.78 is 40.1. The minimum atomic E-state index is -3.61. The molecule has 2 saturated heterocycles. The van der Waals surface area contributed by atoms with Crippen LogP contribution in [0.3, 0.4) is 0 Å². The fraction of sp³-hybridized carbons (Fsp3) is 0.667. The second-order valence-electron chi connectivity index (χ2n) is 8.63. The van der Waals surface area contributed by atoms with Crippen LogP contribution in [0.2, 0.25) is 0 Å². The highest BCUT2D eigenvalue weighted by Gasteiger charge is 2.38. The Hall–Kier alpha value is -1.51. The fourth-order valence-electron chi connectivity index (χ4n) is 5.23. The number of quaternary nitrogens is 1. The van der Waals surface area contributed by atoms with Gasteiger partial charge in [0.1, 0.15) is 5.82 Å². The number of benzene rings is 1. The molecular weight excluding hydrogens is 393 g/mol.